The third-order valence-corrected chi connectivity index (χ3v) is 4.80. The summed E-state index contributed by atoms with van der Waals surface area (Å²) in [7, 11) is -3.52. The number of anilines is 1. The van der Waals surface area contributed by atoms with Crippen molar-refractivity contribution in [1.29, 1.82) is 0 Å². The molecule has 0 saturated carbocycles. The number of halogens is 1. The smallest absolute Gasteiger partial charge is 0.255 e. The van der Waals surface area contributed by atoms with Crippen molar-refractivity contribution >= 4 is 33.2 Å². The first-order chi connectivity index (χ1) is 10.9. The first-order valence-electron chi connectivity index (χ1n) is 7.09. The molecule has 23 heavy (non-hydrogen) atoms. The maximum atomic E-state index is 12.1. The van der Waals surface area contributed by atoms with Gasteiger partial charge in [-0.3, -0.25) is 4.79 Å². The van der Waals surface area contributed by atoms with Crippen molar-refractivity contribution in [2.45, 2.75) is 18.2 Å². The van der Waals surface area contributed by atoms with Gasteiger partial charge in [0.15, 0.2) is 0 Å². The summed E-state index contributed by atoms with van der Waals surface area (Å²) in [5.74, 6) is -0.321. The third kappa shape index (κ3) is 4.79. The van der Waals surface area contributed by atoms with Crippen LogP contribution in [-0.2, 0) is 10.0 Å². The minimum atomic E-state index is -3.52. The average molecular weight is 353 g/mol. The molecule has 2 N–H and O–H groups in total. The molecule has 1 amide bonds. The van der Waals surface area contributed by atoms with Crippen LogP contribution in [0.1, 0.15) is 23.7 Å². The molecule has 0 aromatic heterocycles. The lowest BCUT2D eigenvalue weighted by molar-refractivity contribution is 0.102. The van der Waals surface area contributed by atoms with Crippen LogP contribution in [0.25, 0.3) is 0 Å². The van der Waals surface area contributed by atoms with E-state index in [0.717, 1.165) is 0 Å². The monoisotopic (exact) mass is 352 g/mol. The van der Waals surface area contributed by atoms with Crippen molar-refractivity contribution in [1.82, 2.24) is 4.72 Å². The molecule has 0 fully saturated rings. The number of nitrogens with one attached hydrogen (secondary N) is 2. The fraction of sp³-hybridized carbons (Fsp3) is 0.188. The average Bonchev–Trinajstić information content (AvgIpc) is 2.55. The predicted octanol–water partition coefficient (Wildman–Crippen LogP) is 3.28. The van der Waals surface area contributed by atoms with E-state index in [0.29, 0.717) is 29.2 Å². The molecule has 2 aromatic rings. The van der Waals surface area contributed by atoms with Gasteiger partial charge in [0.05, 0.1) is 4.90 Å². The third-order valence-electron chi connectivity index (χ3n) is 3.07. The fourth-order valence-electron chi connectivity index (χ4n) is 1.84. The van der Waals surface area contributed by atoms with Crippen LogP contribution >= 0.6 is 11.6 Å². The Labute approximate surface area is 140 Å². The maximum Gasteiger partial charge on any atom is 0.255 e. The normalized spacial score (nSPS) is 11.2. The van der Waals surface area contributed by atoms with Gasteiger partial charge in [-0.1, -0.05) is 18.5 Å². The van der Waals surface area contributed by atoms with Crippen LogP contribution in [0.4, 0.5) is 5.69 Å². The first-order valence-corrected chi connectivity index (χ1v) is 8.95. The van der Waals surface area contributed by atoms with Gasteiger partial charge in [0.25, 0.3) is 5.91 Å². The molecular formula is C16H17ClN2O3S. The number of carbonyl (C=O) groups is 1. The van der Waals surface area contributed by atoms with Gasteiger partial charge < -0.3 is 5.32 Å². The lowest BCUT2D eigenvalue weighted by atomic mass is 10.2. The van der Waals surface area contributed by atoms with Crippen LogP contribution in [-0.4, -0.2) is 20.9 Å². The highest BCUT2D eigenvalue weighted by atomic mass is 35.5. The number of amides is 1. The van der Waals surface area contributed by atoms with Gasteiger partial charge >= 0.3 is 0 Å². The number of rotatable bonds is 6. The van der Waals surface area contributed by atoms with Crippen LogP contribution in [0.5, 0.6) is 0 Å². The molecule has 7 heteroatoms. The second-order valence-corrected chi connectivity index (χ2v) is 7.09. The minimum Gasteiger partial charge on any atom is -0.322 e. The Hall–Kier alpha value is -1.89. The van der Waals surface area contributed by atoms with Crippen LogP contribution in [0.15, 0.2) is 53.4 Å². The zero-order valence-corrected chi connectivity index (χ0v) is 14.1. The van der Waals surface area contributed by atoms with Gasteiger partial charge in [0.2, 0.25) is 10.0 Å². The maximum absolute atomic E-state index is 12.1. The Morgan fingerprint density at radius 2 is 1.65 bits per heavy atom. The molecule has 0 bridgehead atoms. The molecule has 0 spiro atoms. The number of carbonyl (C=O) groups excluding carboxylic acids is 1. The zero-order valence-electron chi connectivity index (χ0n) is 12.5. The summed E-state index contributed by atoms with van der Waals surface area (Å²) < 4.78 is 26.4. The van der Waals surface area contributed by atoms with Gasteiger partial charge in [-0.15, -0.1) is 0 Å². The Balaban J connectivity index is 2.09. The zero-order chi connectivity index (χ0) is 16.9. The largest absolute Gasteiger partial charge is 0.322 e. The van der Waals surface area contributed by atoms with Gasteiger partial charge in [-0.2, -0.15) is 0 Å². The molecule has 0 saturated heterocycles. The molecule has 2 aromatic carbocycles. The van der Waals surface area contributed by atoms with Gasteiger partial charge in [0.1, 0.15) is 0 Å². The van der Waals surface area contributed by atoms with E-state index < -0.39 is 10.0 Å². The summed E-state index contributed by atoms with van der Waals surface area (Å²) in [6.07, 6.45) is 0.709. The molecule has 0 radical (unpaired) electrons. The quantitative estimate of drug-likeness (QED) is 0.837. The van der Waals surface area contributed by atoms with E-state index >= 15 is 0 Å². The van der Waals surface area contributed by atoms with Crippen molar-refractivity contribution in [3.05, 3.63) is 59.1 Å². The van der Waals surface area contributed by atoms with Crippen molar-refractivity contribution < 1.29 is 13.2 Å². The Kier molecular flexibility index (Phi) is 5.76. The molecule has 122 valence electrons. The molecule has 5 nitrogen and oxygen atoms in total. The van der Waals surface area contributed by atoms with Crippen molar-refractivity contribution in [3.8, 4) is 0 Å². The standard InChI is InChI=1S/C16H17ClN2O3S/c1-2-11-18-23(21,22)15-9-3-12(4-10-15)16(20)19-14-7-5-13(17)6-8-14/h3-10,18H,2,11H2,1H3,(H,19,20). The lowest BCUT2D eigenvalue weighted by Gasteiger charge is -2.08. The van der Waals surface area contributed by atoms with Crippen molar-refractivity contribution in [2.24, 2.45) is 0 Å². The highest BCUT2D eigenvalue weighted by Crippen LogP contribution is 2.15. The summed E-state index contributed by atoms with van der Waals surface area (Å²) in [4.78, 5) is 12.3. The van der Waals surface area contributed by atoms with Crippen molar-refractivity contribution in [2.75, 3.05) is 11.9 Å². The molecule has 0 aliphatic rings. The van der Waals surface area contributed by atoms with E-state index in [1.807, 2.05) is 6.92 Å². The topological polar surface area (TPSA) is 75.3 Å². The van der Waals surface area contributed by atoms with Crippen LogP contribution in [0.2, 0.25) is 5.02 Å². The highest BCUT2D eigenvalue weighted by molar-refractivity contribution is 7.89. The Morgan fingerprint density at radius 1 is 1.04 bits per heavy atom. The Morgan fingerprint density at radius 3 is 2.22 bits per heavy atom. The fourth-order valence-corrected chi connectivity index (χ4v) is 3.10. The highest BCUT2D eigenvalue weighted by Gasteiger charge is 2.14. The second-order valence-electron chi connectivity index (χ2n) is 4.88. The predicted molar refractivity (Wildman–Crippen MR) is 91.3 cm³/mol. The molecule has 0 atom stereocenters. The van der Waals surface area contributed by atoms with E-state index in [-0.39, 0.29) is 10.8 Å². The number of benzene rings is 2. The van der Waals surface area contributed by atoms with Crippen LogP contribution in [0, 0.1) is 0 Å². The van der Waals surface area contributed by atoms with Gasteiger partial charge in [-0.25, -0.2) is 13.1 Å². The van der Waals surface area contributed by atoms with Gasteiger partial charge in [0, 0.05) is 22.8 Å². The summed E-state index contributed by atoms with van der Waals surface area (Å²) in [5, 5.41) is 3.30. The second kappa shape index (κ2) is 7.59. The Bertz CT molecular complexity index is 772. The summed E-state index contributed by atoms with van der Waals surface area (Å²) >= 11 is 5.79. The molecule has 2 rings (SSSR count). The molecule has 0 aliphatic carbocycles. The van der Waals surface area contributed by atoms with E-state index in [4.69, 9.17) is 11.6 Å². The summed E-state index contributed by atoms with van der Waals surface area (Å²) in [6.45, 7) is 2.26. The van der Waals surface area contributed by atoms with Crippen LogP contribution in [0.3, 0.4) is 0 Å². The van der Waals surface area contributed by atoms with E-state index in [1.54, 1.807) is 24.3 Å². The molecular weight excluding hydrogens is 336 g/mol. The SMILES string of the molecule is CCCNS(=O)(=O)c1ccc(C(=O)Nc2ccc(Cl)cc2)cc1. The van der Waals surface area contributed by atoms with E-state index in [1.165, 1.54) is 24.3 Å². The van der Waals surface area contributed by atoms with E-state index in [2.05, 4.69) is 10.0 Å². The number of hydrogen-bond acceptors (Lipinski definition) is 3. The van der Waals surface area contributed by atoms with Crippen LogP contribution < -0.4 is 10.0 Å². The number of sulfonamides is 1. The lowest BCUT2D eigenvalue weighted by Crippen LogP contribution is -2.24. The number of hydrogen-bond donors (Lipinski definition) is 2. The summed E-state index contributed by atoms with van der Waals surface area (Å²) in [5.41, 5.74) is 0.982. The molecule has 0 heterocycles. The first kappa shape index (κ1) is 17.5. The molecule has 0 unspecified atom stereocenters. The van der Waals surface area contributed by atoms with Gasteiger partial charge in [-0.05, 0) is 55.0 Å². The van der Waals surface area contributed by atoms with E-state index in [9.17, 15) is 13.2 Å². The summed E-state index contributed by atoms with van der Waals surface area (Å²) in [6, 6.07) is 12.5. The van der Waals surface area contributed by atoms with Crippen molar-refractivity contribution in [3.63, 3.8) is 0 Å². The minimum absolute atomic E-state index is 0.133. The molecule has 0 aliphatic heterocycles.